The zero-order valence-corrected chi connectivity index (χ0v) is 16.8. The Bertz CT molecular complexity index is 1150. The second kappa shape index (κ2) is 7.97. The number of carbonyl (C=O) groups is 1. The quantitative estimate of drug-likeness (QED) is 0.523. The highest BCUT2D eigenvalue weighted by Gasteiger charge is 2.19. The number of amides is 1. The van der Waals surface area contributed by atoms with E-state index in [-0.39, 0.29) is 11.7 Å². The van der Waals surface area contributed by atoms with E-state index in [2.05, 4.69) is 15.4 Å². The number of nitrogens with zero attached hydrogens (tertiary/aromatic N) is 3. The molecule has 1 N–H and O–H groups in total. The summed E-state index contributed by atoms with van der Waals surface area (Å²) < 4.78 is 14.9. The number of rotatable bonds is 5. The molecule has 146 valence electrons. The lowest BCUT2D eigenvalue weighted by atomic mass is 10.1. The molecule has 0 unspecified atom stereocenters. The molecule has 4 rings (SSSR count). The summed E-state index contributed by atoms with van der Waals surface area (Å²) >= 11 is 1.51. The minimum absolute atomic E-state index is 0.234. The van der Waals surface area contributed by atoms with Crippen molar-refractivity contribution in [2.24, 2.45) is 0 Å². The summed E-state index contributed by atoms with van der Waals surface area (Å²) in [7, 11) is 0. The Morgan fingerprint density at radius 3 is 2.48 bits per heavy atom. The van der Waals surface area contributed by atoms with E-state index in [1.165, 1.54) is 23.5 Å². The zero-order chi connectivity index (χ0) is 20.4. The molecule has 0 saturated carbocycles. The van der Waals surface area contributed by atoms with E-state index in [1.54, 1.807) is 23.0 Å². The normalized spacial score (nSPS) is 10.9. The first-order valence-electron chi connectivity index (χ1n) is 9.11. The van der Waals surface area contributed by atoms with Crippen LogP contribution in [0, 0.1) is 19.7 Å². The van der Waals surface area contributed by atoms with Crippen molar-refractivity contribution in [1.82, 2.24) is 20.1 Å². The van der Waals surface area contributed by atoms with Gasteiger partial charge >= 0.3 is 0 Å². The van der Waals surface area contributed by atoms with Gasteiger partial charge in [0.1, 0.15) is 16.5 Å². The third-order valence-electron chi connectivity index (χ3n) is 4.44. The van der Waals surface area contributed by atoms with Crippen molar-refractivity contribution < 1.29 is 9.18 Å². The number of thiazole rings is 1. The fraction of sp³-hybridized carbons (Fsp3) is 0.136. The molecule has 0 atom stereocenters. The van der Waals surface area contributed by atoms with Crippen LogP contribution in [-0.2, 0) is 6.54 Å². The van der Waals surface area contributed by atoms with Crippen molar-refractivity contribution >= 4 is 17.2 Å². The highest BCUT2D eigenvalue weighted by Crippen LogP contribution is 2.24. The van der Waals surface area contributed by atoms with Gasteiger partial charge in [0.2, 0.25) is 0 Å². The predicted octanol–water partition coefficient (Wildman–Crippen LogP) is 4.68. The van der Waals surface area contributed by atoms with Crippen molar-refractivity contribution in [2.45, 2.75) is 20.4 Å². The Morgan fingerprint density at radius 2 is 1.83 bits per heavy atom. The molecule has 2 aromatic carbocycles. The van der Waals surface area contributed by atoms with Crippen LogP contribution in [0.4, 0.5) is 4.39 Å². The fourth-order valence-electron chi connectivity index (χ4n) is 2.93. The van der Waals surface area contributed by atoms with Gasteiger partial charge in [-0.1, -0.05) is 29.8 Å². The maximum atomic E-state index is 13.3. The summed E-state index contributed by atoms with van der Waals surface area (Å²) in [5, 5.41) is 10.3. The van der Waals surface area contributed by atoms with Gasteiger partial charge in [-0.15, -0.1) is 11.3 Å². The molecule has 2 aromatic heterocycles. The van der Waals surface area contributed by atoms with Crippen LogP contribution in [0.2, 0.25) is 0 Å². The van der Waals surface area contributed by atoms with E-state index in [0.717, 1.165) is 21.8 Å². The van der Waals surface area contributed by atoms with Crippen molar-refractivity contribution in [3.63, 3.8) is 0 Å². The minimum atomic E-state index is -0.323. The first-order valence-corrected chi connectivity index (χ1v) is 9.99. The van der Waals surface area contributed by atoms with Gasteiger partial charge in [-0.05, 0) is 38.1 Å². The summed E-state index contributed by atoms with van der Waals surface area (Å²) in [6, 6.07) is 13.8. The SMILES string of the molecule is Cc1ccc(-c2nn(-c3ccc(F)cc3)cc2C(=O)NCc2nc(C)cs2)cc1. The lowest BCUT2D eigenvalue weighted by Gasteiger charge is -2.04. The van der Waals surface area contributed by atoms with Crippen LogP contribution in [0.15, 0.2) is 60.1 Å². The van der Waals surface area contributed by atoms with Gasteiger partial charge in [0.05, 0.1) is 17.8 Å². The molecule has 7 heteroatoms. The summed E-state index contributed by atoms with van der Waals surface area (Å²) in [4.78, 5) is 17.3. The molecule has 1 amide bonds. The third kappa shape index (κ3) is 4.25. The number of aryl methyl sites for hydroxylation is 2. The van der Waals surface area contributed by atoms with Crippen LogP contribution >= 0.6 is 11.3 Å². The number of hydrogen-bond donors (Lipinski definition) is 1. The molecule has 0 aliphatic heterocycles. The topological polar surface area (TPSA) is 59.8 Å². The van der Waals surface area contributed by atoms with Crippen LogP contribution < -0.4 is 5.32 Å². The Kier molecular flexibility index (Phi) is 5.22. The molecule has 0 fully saturated rings. The molecule has 0 aliphatic rings. The molecule has 0 spiro atoms. The van der Waals surface area contributed by atoms with E-state index in [9.17, 15) is 9.18 Å². The van der Waals surface area contributed by atoms with Gasteiger partial charge in [0, 0.05) is 22.8 Å². The molecular weight excluding hydrogens is 387 g/mol. The fourth-order valence-corrected chi connectivity index (χ4v) is 3.64. The molecule has 0 radical (unpaired) electrons. The monoisotopic (exact) mass is 406 g/mol. The number of carbonyl (C=O) groups excluding carboxylic acids is 1. The molecule has 0 saturated heterocycles. The van der Waals surface area contributed by atoms with Gasteiger partial charge in [0.25, 0.3) is 5.91 Å². The number of aromatic nitrogens is 3. The molecule has 0 aliphatic carbocycles. The van der Waals surface area contributed by atoms with Crippen LogP contribution in [0.3, 0.4) is 0 Å². The van der Waals surface area contributed by atoms with Gasteiger partial charge in [-0.3, -0.25) is 4.79 Å². The first kappa shape index (κ1) is 19.0. The van der Waals surface area contributed by atoms with Gasteiger partial charge in [-0.25, -0.2) is 14.1 Å². The van der Waals surface area contributed by atoms with Crippen molar-refractivity contribution in [3.8, 4) is 16.9 Å². The smallest absolute Gasteiger partial charge is 0.255 e. The largest absolute Gasteiger partial charge is 0.345 e. The van der Waals surface area contributed by atoms with E-state index in [0.29, 0.717) is 23.5 Å². The Balaban J connectivity index is 1.68. The molecule has 2 heterocycles. The van der Waals surface area contributed by atoms with Crippen LogP contribution in [0.5, 0.6) is 0 Å². The van der Waals surface area contributed by atoms with Crippen LogP contribution in [0.25, 0.3) is 16.9 Å². The predicted molar refractivity (Wildman–Crippen MR) is 112 cm³/mol. The third-order valence-corrected chi connectivity index (χ3v) is 5.41. The molecule has 5 nitrogen and oxygen atoms in total. The van der Waals surface area contributed by atoms with Gasteiger partial charge in [0.15, 0.2) is 0 Å². The van der Waals surface area contributed by atoms with Crippen molar-refractivity contribution in [3.05, 3.63) is 87.8 Å². The second-order valence-electron chi connectivity index (χ2n) is 6.74. The lowest BCUT2D eigenvalue weighted by Crippen LogP contribution is -2.23. The van der Waals surface area contributed by atoms with Gasteiger partial charge < -0.3 is 5.32 Å². The number of halogens is 1. The number of benzene rings is 2. The Labute approximate surface area is 171 Å². The number of hydrogen-bond acceptors (Lipinski definition) is 4. The van der Waals surface area contributed by atoms with Crippen LogP contribution in [-0.4, -0.2) is 20.7 Å². The summed E-state index contributed by atoms with van der Waals surface area (Å²) in [6.45, 7) is 4.28. The summed E-state index contributed by atoms with van der Waals surface area (Å²) in [5.74, 6) is -0.557. The Hall–Kier alpha value is -3.32. The van der Waals surface area contributed by atoms with E-state index in [1.807, 2.05) is 43.5 Å². The van der Waals surface area contributed by atoms with E-state index in [4.69, 9.17) is 0 Å². The standard InChI is InChI=1S/C22H19FN4OS/c1-14-3-5-16(6-4-14)21-19(22(28)24-11-20-25-15(2)13-29-20)12-27(26-21)18-9-7-17(23)8-10-18/h3-10,12-13H,11H2,1-2H3,(H,24,28). The van der Waals surface area contributed by atoms with Crippen LogP contribution in [0.1, 0.15) is 26.6 Å². The van der Waals surface area contributed by atoms with Crippen molar-refractivity contribution in [1.29, 1.82) is 0 Å². The zero-order valence-electron chi connectivity index (χ0n) is 16.0. The first-order chi connectivity index (χ1) is 14.0. The van der Waals surface area contributed by atoms with Crippen molar-refractivity contribution in [2.75, 3.05) is 0 Å². The number of nitrogens with one attached hydrogen (secondary N) is 1. The molecule has 29 heavy (non-hydrogen) atoms. The maximum absolute atomic E-state index is 13.3. The van der Waals surface area contributed by atoms with E-state index >= 15 is 0 Å². The Morgan fingerprint density at radius 1 is 1.10 bits per heavy atom. The molecular formula is C22H19FN4OS. The summed E-state index contributed by atoms with van der Waals surface area (Å²) in [6.07, 6.45) is 1.67. The van der Waals surface area contributed by atoms with Gasteiger partial charge in [-0.2, -0.15) is 5.10 Å². The maximum Gasteiger partial charge on any atom is 0.255 e. The molecule has 0 bridgehead atoms. The highest BCUT2D eigenvalue weighted by atomic mass is 32.1. The van der Waals surface area contributed by atoms with E-state index < -0.39 is 0 Å². The molecule has 4 aromatic rings. The average Bonchev–Trinajstić information content (AvgIpc) is 3.34. The lowest BCUT2D eigenvalue weighted by molar-refractivity contribution is 0.0951. The average molecular weight is 406 g/mol. The second-order valence-corrected chi connectivity index (χ2v) is 7.69. The minimum Gasteiger partial charge on any atom is -0.345 e. The highest BCUT2D eigenvalue weighted by molar-refractivity contribution is 7.09. The summed E-state index contributed by atoms with van der Waals surface area (Å²) in [5.41, 5.74) is 4.59.